The van der Waals surface area contributed by atoms with Gasteiger partial charge >= 0.3 is 5.97 Å². The van der Waals surface area contributed by atoms with Crippen molar-refractivity contribution < 1.29 is 24.3 Å². The maximum absolute atomic E-state index is 12.3. The number of carboxylic acids is 1. The van der Waals surface area contributed by atoms with Crippen LogP contribution >= 0.6 is 0 Å². The highest BCUT2D eigenvalue weighted by Crippen LogP contribution is 2.31. The molecule has 27 heavy (non-hydrogen) atoms. The summed E-state index contributed by atoms with van der Waals surface area (Å²) >= 11 is 0. The van der Waals surface area contributed by atoms with Crippen molar-refractivity contribution in [2.24, 2.45) is 17.8 Å². The molecule has 2 atom stereocenters. The topological polar surface area (TPSA) is 125 Å². The van der Waals surface area contributed by atoms with E-state index >= 15 is 0 Å². The smallest absolute Gasteiger partial charge is 0.307 e. The molecule has 8 nitrogen and oxygen atoms in total. The summed E-state index contributed by atoms with van der Waals surface area (Å²) in [6.45, 7) is 0. The van der Waals surface area contributed by atoms with E-state index in [2.05, 4.69) is 16.2 Å². The molecule has 0 spiro atoms. The molecule has 0 saturated heterocycles. The Hall–Kier alpha value is -2.90. The van der Waals surface area contributed by atoms with Gasteiger partial charge in [0.15, 0.2) is 0 Å². The fraction of sp³-hybridized carbons (Fsp3) is 0.474. The van der Waals surface area contributed by atoms with Gasteiger partial charge in [-0.25, -0.2) is 0 Å². The molecule has 0 unspecified atom stereocenters. The Kier molecular flexibility index (Phi) is 5.73. The molecule has 0 aromatic heterocycles. The van der Waals surface area contributed by atoms with Crippen molar-refractivity contribution in [3.63, 3.8) is 0 Å². The van der Waals surface area contributed by atoms with Crippen LogP contribution in [-0.2, 0) is 14.4 Å². The van der Waals surface area contributed by atoms with Crippen LogP contribution in [0.1, 0.15) is 48.9 Å². The number of hydrogen-bond donors (Lipinski definition) is 4. The quantitative estimate of drug-likeness (QED) is 0.585. The zero-order valence-corrected chi connectivity index (χ0v) is 14.9. The van der Waals surface area contributed by atoms with E-state index in [1.54, 1.807) is 24.3 Å². The molecule has 0 heterocycles. The minimum Gasteiger partial charge on any atom is -0.481 e. The van der Waals surface area contributed by atoms with E-state index < -0.39 is 29.6 Å². The number of carbonyl (C=O) groups is 4. The molecule has 3 rings (SSSR count). The molecule has 3 amide bonds. The second-order valence-corrected chi connectivity index (χ2v) is 7.12. The third-order valence-corrected chi connectivity index (χ3v) is 5.08. The highest BCUT2D eigenvalue weighted by molar-refractivity contribution is 5.97. The molecule has 2 saturated carbocycles. The fourth-order valence-corrected chi connectivity index (χ4v) is 3.32. The number of nitrogens with one attached hydrogen (secondary N) is 3. The summed E-state index contributed by atoms with van der Waals surface area (Å²) in [5.74, 6) is -3.25. The molecule has 1 aromatic carbocycles. The minimum absolute atomic E-state index is 0.0140. The van der Waals surface area contributed by atoms with Gasteiger partial charge in [0, 0.05) is 17.2 Å². The predicted octanol–water partition coefficient (Wildman–Crippen LogP) is 1.69. The van der Waals surface area contributed by atoms with Crippen LogP contribution in [0.5, 0.6) is 0 Å². The number of anilines is 1. The zero-order chi connectivity index (χ0) is 19.4. The van der Waals surface area contributed by atoms with Crippen LogP contribution in [0.4, 0.5) is 5.69 Å². The first-order chi connectivity index (χ1) is 13.0. The molecule has 0 bridgehead atoms. The van der Waals surface area contributed by atoms with Crippen molar-refractivity contribution in [2.45, 2.75) is 38.5 Å². The van der Waals surface area contributed by atoms with Crippen LogP contribution < -0.4 is 16.2 Å². The van der Waals surface area contributed by atoms with Crippen LogP contribution in [0.2, 0.25) is 0 Å². The fourth-order valence-electron chi connectivity index (χ4n) is 3.32. The summed E-state index contributed by atoms with van der Waals surface area (Å²) < 4.78 is 0. The lowest BCUT2D eigenvalue weighted by Gasteiger charge is -2.27. The number of rotatable bonds is 5. The Morgan fingerprint density at radius 2 is 1.44 bits per heavy atom. The third-order valence-electron chi connectivity index (χ3n) is 5.08. The van der Waals surface area contributed by atoms with E-state index in [0.29, 0.717) is 24.1 Å². The number of carboxylic acid groups (broad SMARTS) is 1. The first-order valence-corrected chi connectivity index (χ1v) is 9.19. The number of hydrazine groups is 1. The number of carbonyl (C=O) groups excluding carboxylic acids is 3. The molecule has 2 aliphatic rings. The highest BCUT2D eigenvalue weighted by Gasteiger charge is 2.35. The van der Waals surface area contributed by atoms with E-state index in [0.717, 1.165) is 25.7 Å². The Morgan fingerprint density at radius 1 is 0.815 bits per heavy atom. The van der Waals surface area contributed by atoms with E-state index in [9.17, 15) is 24.3 Å². The average Bonchev–Trinajstić information content (AvgIpc) is 3.51. The van der Waals surface area contributed by atoms with Gasteiger partial charge in [-0.05, 0) is 49.9 Å². The first-order valence-electron chi connectivity index (χ1n) is 9.19. The zero-order valence-electron chi connectivity index (χ0n) is 14.9. The SMILES string of the molecule is O=C(NNC(=O)[C@H]1CCCC[C@H]1C(=O)O)c1ccc(NC(=O)C2CC2)cc1. The van der Waals surface area contributed by atoms with Crippen molar-refractivity contribution in [1.82, 2.24) is 10.9 Å². The Balaban J connectivity index is 1.51. The van der Waals surface area contributed by atoms with Crippen molar-refractivity contribution in [2.75, 3.05) is 5.32 Å². The summed E-state index contributed by atoms with van der Waals surface area (Å²) in [7, 11) is 0. The van der Waals surface area contributed by atoms with Gasteiger partial charge in [-0.15, -0.1) is 0 Å². The third kappa shape index (κ3) is 4.84. The molecule has 0 radical (unpaired) electrons. The summed E-state index contributed by atoms with van der Waals surface area (Å²) in [4.78, 5) is 47.4. The largest absolute Gasteiger partial charge is 0.481 e. The molecule has 8 heteroatoms. The van der Waals surface area contributed by atoms with Crippen LogP contribution in [-0.4, -0.2) is 28.8 Å². The number of amides is 3. The molecule has 1 aromatic rings. The van der Waals surface area contributed by atoms with E-state index in [-0.39, 0.29) is 11.8 Å². The summed E-state index contributed by atoms with van der Waals surface area (Å²) in [5, 5.41) is 12.0. The van der Waals surface area contributed by atoms with Crippen molar-refractivity contribution in [1.29, 1.82) is 0 Å². The van der Waals surface area contributed by atoms with Crippen LogP contribution in [0, 0.1) is 17.8 Å². The van der Waals surface area contributed by atoms with Crippen LogP contribution in [0.25, 0.3) is 0 Å². The number of aliphatic carboxylic acids is 1. The van der Waals surface area contributed by atoms with E-state index in [1.165, 1.54) is 0 Å². The summed E-state index contributed by atoms with van der Waals surface area (Å²) in [6, 6.07) is 6.34. The van der Waals surface area contributed by atoms with Crippen molar-refractivity contribution in [3.05, 3.63) is 29.8 Å². The van der Waals surface area contributed by atoms with Crippen molar-refractivity contribution >= 4 is 29.4 Å². The normalized spacial score (nSPS) is 21.8. The number of benzene rings is 1. The van der Waals surface area contributed by atoms with Gasteiger partial charge < -0.3 is 10.4 Å². The van der Waals surface area contributed by atoms with Gasteiger partial charge in [-0.3, -0.25) is 30.0 Å². The lowest BCUT2D eigenvalue weighted by Crippen LogP contribution is -2.47. The van der Waals surface area contributed by atoms with Gasteiger partial charge in [0.2, 0.25) is 11.8 Å². The van der Waals surface area contributed by atoms with Gasteiger partial charge in [-0.2, -0.15) is 0 Å². The maximum Gasteiger partial charge on any atom is 0.307 e. The molecular formula is C19H23N3O5. The van der Waals surface area contributed by atoms with Gasteiger partial charge in [-0.1, -0.05) is 12.8 Å². The van der Waals surface area contributed by atoms with E-state index in [4.69, 9.17) is 0 Å². The van der Waals surface area contributed by atoms with Crippen LogP contribution in [0.3, 0.4) is 0 Å². The monoisotopic (exact) mass is 373 g/mol. The molecule has 0 aliphatic heterocycles. The molecule has 4 N–H and O–H groups in total. The maximum atomic E-state index is 12.3. The van der Waals surface area contributed by atoms with E-state index in [1.807, 2.05) is 0 Å². The number of hydrogen-bond acceptors (Lipinski definition) is 4. The van der Waals surface area contributed by atoms with Crippen molar-refractivity contribution in [3.8, 4) is 0 Å². The van der Waals surface area contributed by atoms with Crippen LogP contribution in [0.15, 0.2) is 24.3 Å². The Labute approximate surface area is 156 Å². The average molecular weight is 373 g/mol. The second-order valence-electron chi connectivity index (χ2n) is 7.12. The Bertz CT molecular complexity index is 742. The van der Waals surface area contributed by atoms with Gasteiger partial charge in [0.05, 0.1) is 11.8 Å². The Morgan fingerprint density at radius 3 is 2.04 bits per heavy atom. The van der Waals surface area contributed by atoms with Gasteiger partial charge in [0.1, 0.15) is 0 Å². The minimum atomic E-state index is -0.981. The second kappa shape index (κ2) is 8.20. The first kappa shape index (κ1) is 18.9. The molecule has 144 valence electrons. The lowest BCUT2D eigenvalue weighted by atomic mass is 9.79. The standard InChI is InChI=1S/C19H23N3O5/c23-16(11-5-6-11)20-13-9-7-12(8-10-13)17(24)21-22-18(25)14-3-1-2-4-15(14)19(26)27/h7-11,14-15H,1-6H2,(H,20,23)(H,21,24)(H,22,25)(H,26,27)/t14-,15+/m0/s1. The summed E-state index contributed by atoms with van der Waals surface area (Å²) in [6.07, 6.45) is 4.37. The lowest BCUT2D eigenvalue weighted by molar-refractivity contribution is -0.149. The van der Waals surface area contributed by atoms with Gasteiger partial charge in [0.25, 0.3) is 5.91 Å². The predicted molar refractivity (Wildman–Crippen MR) is 96.5 cm³/mol. The molecular weight excluding hydrogens is 350 g/mol. The summed E-state index contributed by atoms with van der Waals surface area (Å²) in [5.41, 5.74) is 5.59. The molecule has 2 fully saturated rings. The highest BCUT2D eigenvalue weighted by atomic mass is 16.4. The molecule has 2 aliphatic carbocycles.